The van der Waals surface area contributed by atoms with Gasteiger partial charge in [-0.15, -0.1) is 11.3 Å². The fourth-order valence-corrected chi connectivity index (χ4v) is 7.09. The van der Waals surface area contributed by atoms with Crippen LogP contribution in [0.1, 0.15) is 82.4 Å². The molecule has 0 spiro atoms. The second kappa shape index (κ2) is 18.8. The number of rotatable bonds is 23. The normalized spacial score (nSPS) is 14.1. The summed E-state index contributed by atoms with van der Waals surface area (Å²) in [5.41, 5.74) is 6.94. The van der Waals surface area contributed by atoms with E-state index < -0.39 is 7.60 Å². The van der Waals surface area contributed by atoms with Crippen LogP contribution >= 0.6 is 30.7 Å². The Bertz CT molecular complexity index is 1130. The average Bonchev–Trinajstić information content (AvgIpc) is 3.60. The van der Waals surface area contributed by atoms with E-state index in [1.54, 1.807) is 22.7 Å². The summed E-state index contributed by atoms with van der Waals surface area (Å²) in [5.74, 6) is 2.08. The van der Waals surface area contributed by atoms with E-state index in [1.807, 2.05) is 18.3 Å². The lowest BCUT2D eigenvalue weighted by atomic mass is 10.1. The van der Waals surface area contributed by atoms with E-state index in [-0.39, 0.29) is 19.1 Å². The number of fused-ring (bicyclic) bond motifs is 1. The standard InChI is InChI=1S/C28H46N5O4PS2/c1-24(20-33-22-32-26-27(29)30-21-31-28(26)33)36-23-38(34,35)37-16-19-39-17-12-10-8-6-4-2-3-5-7-9-11-14-25-15-13-18-40-25/h13,15,18,21-22,24H,2-12,14,16-17,19-20,23H2,1H3,(H,34,35)(H2,29,30,31)/t24-/m1/s1. The third-order valence-electron chi connectivity index (χ3n) is 6.72. The molecule has 0 radical (unpaired) electrons. The largest absolute Gasteiger partial charge is 0.382 e. The van der Waals surface area contributed by atoms with Gasteiger partial charge >= 0.3 is 7.60 Å². The highest BCUT2D eigenvalue weighted by Gasteiger charge is 2.21. The number of anilines is 1. The van der Waals surface area contributed by atoms with Gasteiger partial charge < -0.3 is 24.5 Å². The number of hydrogen-bond acceptors (Lipinski definition) is 9. The molecule has 3 heterocycles. The summed E-state index contributed by atoms with van der Waals surface area (Å²) in [5, 5.41) is 2.17. The zero-order valence-corrected chi connectivity index (χ0v) is 26.3. The van der Waals surface area contributed by atoms with E-state index in [9.17, 15) is 9.46 Å². The average molecular weight is 612 g/mol. The Kier molecular flexibility index (Phi) is 15.6. The van der Waals surface area contributed by atoms with Crippen molar-refractivity contribution in [3.05, 3.63) is 35.0 Å². The van der Waals surface area contributed by atoms with Gasteiger partial charge in [0.15, 0.2) is 11.5 Å². The monoisotopic (exact) mass is 611 g/mol. The summed E-state index contributed by atoms with van der Waals surface area (Å²) in [6, 6.07) is 4.39. The predicted molar refractivity (Wildman–Crippen MR) is 167 cm³/mol. The Morgan fingerprint density at radius 3 is 2.42 bits per heavy atom. The topological polar surface area (TPSA) is 125 Å². The van der Waals surface area contributed by atoms with Crippen molar-refractivity contribution in [2.75, 3.05) is 30.2 Å². The molecular weight excluding hydrogens is 565 g/mol. The zero-order valence-electron chi connectivity index (χ0n) is 23.8. The molecule has 0 bridgehead atoms. The minimum Gasteiger partial charge on any atom is -0.382 e. The van der Waals surface area contributed by atoms with Gasteiger partial charge in [0, 0.05) is 10.6 Å². The van der Waals surface area contributed by atoms with E-state index in [2.05, 4.69) is 32.5 Å². The molecule has 0 aliphatic carbocycles. The van der Waals surface area contributed by atoms with Gasteiger partial charge in [0.1, 0.15) is 18.2 Å². The molecule has 0 aromatic carbocycles. The van der Waals surface area contributed by atoms with Crippen molar-refractivity contribution in [3.8, 4) is 0 Å². The molecule has 9 nitrogen and oxygen atoms in total. The lowest BCUT2D eigenvalue weighted by molar-refractivity contribution is 0.0724. The molecule has 224 valence electrons. The fraction of sp³-hybridized carbons (Fsp3) is 0.679. The van der Waals surface area contributed by atoms with Crippen molar-refractivity contribution >= 4 is 47.7 Å². The van der Waals surface area contributed by atoms with E-state index in [0.29, 0.717) is 29.3 Å². The maximum Gasteiger partial charge on any atom is 0.353 e. The fourth-order valence-electron chi connectivity index (χ4n) is 4.51. The summed E-state index contributed by atoms with van der Waals surface area (Å²) in [7, 11) is -3.80. The SMILES string of the molecule is C[C@H](Cn1cnc2c(N)ncnc21)OCP(=O)(O)OCCSCCCCCCCCCCCCCc1cccs1. The van der Waals surface area contributed by atoms with Crippen LogP contribution in [0.25, 0.3) is 11.2 Å². The van der Waals surface area contributed by atoms with Crippen LogP contribution < -0.4 is 5.73 Å². The third kappa shape index (κ3) is 13.0. The van der Waals surface area contributed by atoms with Gasteiger partial charge in [-0.2, -0.15) is 11.8 Å². The molecule has 3 aromatic rings. The lowest BCUT2D eigenvalue weighted by Crippen LogP contribution is -2.17. The van der Waals surface area contributed by atoms with Gasteiger partial charge in [-0.1, -0.05) is 63.9 Å². The minimum absolute atomic E-state index is 0.243. The van der Waals surface area contributed by atoms with Crippen LogP contribution in [-0.4, -0.2) is 55.0 Å². The lowest BCUT2D eigenvalue weighted by Gasteiger charge is -2.17. The molecule has 0 saturated heterocycles. The Morgan fingerprint density at radius 1 is 1.02 bits per heavy atom. The second-order valence-corrected chi connectivity index (χ2v) is 14.3. The van der Waals surface area contributed by atoms with Crippen molar-refractivity contribution < 1.29 is 18.7 Å². The Morgan fingerprint density at radius 2 is 1.73 bits per heavy atom. The number of ether oxygens (including phenoxy) is 1. The zero-order chi connectivity index (χ0) is 28.5. The smallest absolute Gasteiger partial charge is 0.353 e. The van der Waals surface area contributed by atoms with Gasteiger partial charge in [0.2, 0.25) is 0 Å². The van der Waals surface area contributed by atoms with Crippen LogP contribution in [0.15, 0.2) is 30.2 Å². The first-order valence-electron chi connectivity index (χ1n) is 14.5. The quantitative estimate of drug-likeness (QED) is 0.0839. The molecule has 12 heteroatoms. The number of hydrogen-bond donors (Lipinski definition) is 2. The summed E-state index contributed by atoms with van der Waals surface area (Å²) in [4.78, 5) is 24.0. The molecule has 3 rings (SSSR count). The molecule has 0 fully saturated rings. The first-order chi connectivity index (χ1) is 19.4. The van der Waals surface area contributed by atoms with Gasteiger partial charge in [-0.25, -0.2) is 15.0 Å². The van der Waals surface area contributed by atoms with E-state index in [4.69, 9.17) is 15.0 Å². The Hall–Kier alpha value is -1.49. The summed E-state index contributed by atoms with van der Waals surface area (Å²) in [6.07, 6.45) is 18.2. The number of nitrogens with zero attached hydrogens (tertiary/aromatic N) is 4. The highest BCUT2D eigenvalue weighted by molar-refractivity contribution is 7.99. The van der Waals surface area contributed by atoms with Crippen molar-refractivity contribution in [1.29, 1.82) is 0 Å². The molecule has 0 amide bonds. The van der Waals surface area contributed by atoms with Crippen LogP contribution in [0, 0.1) is 0 Å². The van der Waals surface area contributed by atoms with Crippen LogP contribution in [0.2, 0.25) is 0 Å². The van der Waals surface area contributed by atoms with Crippen LogP contribution in [0.4, 0.5) is 5.82 Å². The van der Waals surface area contributed by atoms with Gasteiger partial charge in [-0.05, 0) is 43.4 Å². The third-order valence-corrected chi connectivity index (χ3v) is 9.75. The maximum absolute atomic E-state index is 12.3. The van der Waals surface area contributed by atoms with E-state index in [1.165, 1.54) is 88.3 Å². The highest BCUT2D eigenvalue weighted by atomic mass is 32.2. The number of unbranched alkanes of at least 4 members (excludes halogenated alkanes) is 10. The van der Waals surface area contributed by atoms with Gasteiger partial charge in [0.05, 0.1) is 25.6 Å². The molecule has 0 aliphatic rings. The Labute approximate surface area is 247 Å². The highest BCUT2D eigenvalue weighted by Crippen LogP contribution is 2.42. The van der Waals surface area contributed by atoms with Crippen molar-refractivity contribution in [3.63, 3.8) is 0 Å². The van der Waals surface area contributed by atoms with Gasteiger partial charge in [-0.3, -0.25) is 4.57 Å². The predicted octanol–water partition coefficient (Wildman–Crippen LogP) is 7.30. The second-order valence-electron chi connectivity index (χ2n) is 10.2. The van der Waals surface area contributed by atoms with Crippen molar-refractivity contribution in [2.24, 2.45) is 0 Å². The summed E-state index contributed by atoms with van der Waals surface area (Å²) >= 11 is 3.65. The van der Waals surface area contributed by atoms with E-state index >= 15 is 0 Å². The molecule has 1 unspecified atom stereocenters. The summed E-state index contributed by atoms with van der Waals surface area (Å²) < 4.78 is 24.9. The Balaban J connectivity index is 1.09. The number of imidazole rings is 1. The number of nitrogens with two attached hydrogens (primary N) is 1. The maximum atomic E-state index is 12.3. The number of thiophene rings is 1. The number of thioether (sulfide) groups is 1. The molecule has 3 N–H and O–H groups in total. The van der Waals surface area contributed by atoms with Crippen LogP contribution in [0.5, 0.6) is 0 Å². The molecule has 2 atom stereocenters. The number of nitrogen functional groups attached to an aromatic ring is 1. The minimum atomic E-state index is -3.80. The molecule has 0 saturated carbocycles. The van der Waals surface area contributed by atoms with Gasteiger partial charge in [0.25, 0.3) is 0 Å². The van der Waals surface area contributed by atoms with Crippen LogP contribution in [-0.2, 0) is 26.8 Å². The molecule has 3 aromatic heterocycles. The number of aromatic nitrogens is 4. The van der Waals surface area contributed by atoms with Crippen molar-refractivity contribution in [2.45, 2.75) is 96.6 Å². The molecule has 40 heavy (non-hydrogen) atoms. The molecule has 0 aliphatic heterocycles. The first-order valence-corrected chi connectivity index (χ1v) is 18.3. The van der Waals surface area contributed by atoms with Crippen LogP contribution in [0.3, 0.4) is 0 Å². The van der Waals surface area contributed by atoms with Crippen molar-refractivity contribution in [1.82, 2.24) is 19.5 Å². The summed E-state index contributed by atoms with van der Waals surface area (Å²) in [6.45, 7) is 2.48. The first kappa shape index (κ1) is 33.0. The molecular formula is C28H46N5O4PS2. The number of aryl methyl sites for hydroxylation is 1. The van der Waals surface area contributed by atoms with E-state index in [0.717, 1.165) is 5.75 Å².